The van der Waals surface area contributed by atoms with Gasteiger partial charge in [-0.05, 0) is 25.1 Å². The zero-order chi connectivity index (χ0) is 14.3. The number of rotatable bonds is 2. The number of hydrogen-bond donors (Lipinski definition) is 1. The van der Waals surface area contributed by atoms with Crippen molar-refractivity contribution in [2.24, 2.45) is 14.1 Å². The number of carbonyl (C=O) groups excluding carboxylic acids is 1. The molecule has 0 saturated carbocycles. The number of fused-ring (bicyclic) bond motifs is 1. The van der Waals surface area contributed by atoms with Crippen molar-refractivity contribution in [2.75, 3.05) is 5.32 Å². The van der Waals surface area contributed by atoms with Gasteiger partial charge in [0, 0.05) is 19.7 Å². The van der Waals surface area contributed by atoms with E-state index in [-0.39, 0.29) is 5.91 Å². The van der Waals surface area contributed by atoms with Gasteiger partial charge in [-0.1, -0.05) is 5.21 Å². The summed E-state index contributed by atoms with van der Waals surface area (Å²) >= 11 is 0. The van der Waals surface area contributed by atoms with Crippen LogP contribution >= 0.6 is 0 Å². The largest absolute Gasteiger partial charge is 0.291 e. The Morgan fingerprint density at radius 3 is 2.75 bits per heavy atom. The average molecular weight is 271 g/mol. The first-order valence-corrected chi connectivity index (χ1v) is 6.03. The highest BCUT2D eigenvalue weighted by Crippen LogP contribution is 2.14. The summed E-state index contributed by atoms with van der Waals surface area (Å²) in [5, 5.41) is 14.7. The third-order valence-electron chi connectivity index (χ3n) is 2.97. The molecule has 0 bridgehead atoms. The Bertz CT molecular complexity index is 801. The summed E-state index contributed by atoms with van der Waals surface area (Å²) in [7, 11) is 3.53. The van der Waals surface area contributed by atoms with Gasteiger partial charge in [0.2, 0.25) is 5.95 Å². The van der Waals surface area contributed by atoms with Crippen LogP contribution in [-0.2, 0) is 14.1 Å². The normalized spacial score (nSPS) is 10.9. The van der Waals surface area contributed by atoms with Gasteiger partial charge >= 0.3 is 0 Å². The van der Waals surface area contributed by atoms with E-state index in [0.29, 0.717) is 22.9 Å². The minimum Gasteiger partial charge on any atom is -0.291 e. The molecular formula is C12H13N7O. The molecule has 102 valence electrons. The van der Waals surface area contributed by atoms with Crippen LogP contribution in [0.25, 0.3) is 11.0 Å². The van der Waals surface area contributed by atoms with Crippen molar-refractivity contribution in [3.8, 4) is 0 Å². The quantitative estimate of drug-likeness (QED) is 0.739. The maximum Gasteiger partial charge on any atom is 0.258 e. The average Bonchev–Trinajstić information content (AvgIpc) is 2.93. The van der Waals surface area contributed by atoms with Gasteiger partial charge in [-0.2, -0.15) is 10.1 Å². The van der Waals surface area contributed by atoms with Gasteiger partial charge in [0.1, 0.15) is 11.3 Å². The maximum absolute atomic E-state index is 12.2. The van der Waals surface area contributed by atoms with Crippen LogP contribution in [0.3, 0.4) is 0 Å². The second kappa shape index (κ2) is 4.41. The predicted molar refractivity (Wildman–Crippen MR) is 72.2 cm³/mol. The van der Waals surface area contributed by atoms with Crippen LogP contribution in [0, 0.1) is 6.92 Å². The van der Waals surface area contributed by atoms with Crippen molar-refractivity contribution in [1.82, 2.24) is 29.8 Å². The Balaban J connectivity index is 1.90. The molecule has 8 heteroatoms. The molecule has 1 amide bonds. The summed E-state index contributed by atoms with van der Waals surface area (Å²) in [6.45, 7) is 1.77. The molecule has 2 aromatic heterocycles. The van der Waals surface area contributed by atoms with Gasteiger partial charge in [0.05, 0.1) is 5.52 Å². The molecule has 0 fully saturated rings. The van der Waals surface area contributed by atoms with E-state index in [9.17, 15) is 4.79 Å². The third kappa shape index (κ3) is 2.00. The molecule has 0 atom stereocenters. The summed E-state index contributed by atoms with van der Waals surface area (Å²) < 4.78 is 3.18. The minimum atomic E-state index is -0.256. The third-order valence-corrected chi connectivity index (χ3v) is 2.97. The Hall–Kier alpha value is -2.77. The molecule has 0 aliphatic rings. The summed E-state index contributed by atoms with van der Waals surface area (Å²) in [6, 6.07) is 5.23. The fourth-order valence-electron chi connectivity index (χ4n) is 1.98. The van der Waals surface area contributed by atoms with Crippen molar-refractivity contribution < 1.29 is 4.79 Å². The first kappa shape index (κ1) is 12.3. The predicted octanol–water partition coefficient (Wildman–Crippen LogP) is 0.658. The van der Waals surface area contributed by atoms with E-state index in [4.69, 9.17) is 0 Å². The number of benzene rings is 1. The molecule has 1 aromatic carbocycles. The van der Waals surface area contributed by atoms with E-state index in [2.05, 4.69) is 25.7 Å². The van der Waals surface area contributed by atoms with Crippen LogP contribution < -0.4 is 5.32 Å². The summed E-state index contributed by atoms with van der Waals surface area (Å²) in [5.41, 5.74) is 2.05. The summed E-state index contributed by atoms with van der Waals surface area (Å²) in [6.07, 6.45) is 0. The lowest BCUT2D eigenvalue weighted by molar-refractivity contribution is 0.102. The van der Waals surface area contributed by atoms with E-state index >= 15 is 0 Å². The molecule has 1 N–H and O–H groups in total. The lowest BCUT2D eigenvalue weighted by Gasteiger charge is -2.03. The van der Waals surface area contributed by atoms with Crippen molar-refractivity contribution in [3.63, 3.8) is 0 Å². The van der Waals surface area contributed by atoms with E-state index in [0.717, 1.165) is 5.52 Å². The van der Waals surface area contributed by atoms with Crippen molar-refractivity contribution in [3.05, 3.63) is 29.6 Å². The van der Waals surface area contributed by atoms with E-state index in [1.807, 2.05) is 6.07 Å². The molecule has 0 aliphatic heterocycles. The second-order valence-corrected chi connectivity index (χ2v) is 4.48. The van der Waals surface area contributed by atoms with Gasteiger partial charge in [0.15, 0.2) is 0 Å². The number of anilines is 1. The lowest BCUT2D eigenvalue weighted by Crippen LogP contribution is -2.15. The van der Waals surface area contributed by atoms with Crippen LogP contribution in [-0.4, -0.2) is 35.7 Å². The number of aryl methyl sites for hydroxylation is 3. The zero-order valence-corrected chi connectivity index (χ0v) is 11.3. The van der Waals surface area contributed by atoms with Gasteiger partial charge in [-0.25, -0.2) is 9.36 Å². The molecule has 8 nitrogen and oxygen atoms in total. The first-order chi connectivity index (χ1) is 9.54. The Morgan fingerprint density at radius 2 is 2.05 bits per heavy atom. The molecule has 0 saturated heterocycles. The van der Waals surface area contributed by atoms with E-state index < -0.39 is 0 Å². The molecule has 2 heterocycles. The molecule has 0 unspecified atom stereocenters. The van der Waals surface area contributed by atoms with Crippen molar-refractivity contribution in [2.45, 2.75) is 6.92 Å². The maximum atomic E-state index is 12.2. The Kier molecular flexibility index (Phi) is 2.70. The molecule has 0 aliphatic carbocycles. The number of amides is 1. The number of aromatic nitrogens is 6. The van der Waals surface area contributed by atoms with Gasteiger partial charge in [0.25, 0.3) is 5.91 Å². The van der Waals surface area contributed by atoms with Crippen LogP contribution in [0.15, 0.2) is 18.2 Å². The smallest absolute Gasteiger partial charge is 0.258 e. The topological polar surface area (TPSA) is 90.5 Å². The number of hydrogen-bond acceptors (Lipinski definition) is 5. The van der Waals surface area contributed by atoms with E-state index in [1.165, 1.54) is 4.68 Å². The molecule has 0 radical (unpaired) electrons. The lowest BCUT2D eigenvalue weighted by atomic mass is 10.2. The van der Waals surface area contributed by atoms with Crippen LogP contribution in [0.1, 0.15) is 16.2 Å². The standard InChI is InChI=1S/C12H13N7O/c1-7-13-12(19(3)16-7)14-11(20)8-4-5-10-9(6-8)15-17-18(10)2/h4-6H,1-3H3,(H,13,14,16,20). The molecule has 3 rings (SSSR count). The van der Waals surface area contributed by atoms with Crippen molar-refractivity contribution >= 4 is 22.9 Å². The SMILES string of the molecule is Cc1nc(NC(=O)c2ccc3c(c2)nnn3C)n(C)n1. The van der Waals surface area contributed by atoms with Gasteiger partial charge in [-0.3, -0.25) is 10.1 Å². The van der Waals surface area contributed by atoms with Crippen LogP contribution in [0.2, 0.25) is 0 Å². The number of nitrogens with zero attached hydrogens (tertiary/aromatic N) is 6. The van der Waals surface area contributed by atoms with E-state index in [1.54, 1.807) is 37.8 Å². The van der Waals surface area contributed by atoms with Crippen LogP contribution in [0.5, 0.6) is 0 Å². The van der Waals surface area contributed by atoms with Crippen molar-refractivity contribution in [1.29, 1.82) is 0 Å². The molecule has 0 spiro atoms. The highest BCUT2D eigenvalue weighted by atomic mass is 16.1. The summed E-state index contributed by atoms with van der Waals surface area (Å²) in [4.78, 5) is 16.3. The minimum absolute atomic E-state index is 0.256. The number of carbonyl (C=O) groups is 1. The fraction of sp³-hybridized carbons (Fsp3) is 0.250. The second-order valence-electron chi connectivity index (χ2n) is 4.48. The van der Waals surface area contributed by atoms with Crippen LogP contribution in [0.4, 0.5) is 5.95 Å². The van der Waals surface area contributed by atoms with Gasteiger partial charge < -0.3 is 0 Å². The first-order valence-electron chi connectivity index (χ1n) is 6.03. The monoisotopic (exact) mass is 271 g/mol. The molecule has 20 heavy (non-hydrogen) atoms. The fourth-order valence-corrected chi connectivity index (χ4v) is 1.98. The Labute approximate surface area is 114 Å². The van der Waals surface area contributed by atoms with Gasteiger partial charge in [-0.15, -0.1) is 5.10 Å². The highest BCUT2D eigenvalue weighted by Gasteiger charge is 2.12. The number of nitrogens with one attached hydrogen (secondary N) is 1. The summed E-state index contributed by atoms with van der Waals surface area (Å²) in [5.74, 6) is 0.756. The molecular weight excluding hydrogens is 258 g/mol. The zero-order valence-electron chi connectivity index (χ0n) is 11.3. The molecule has 3 aromatic rings. The Morgan fingerprint density at radius 1 is 1.25 bits per heavy atom. The highest BCUT2D eigenvalue weighted by molar-refractivity contribution is 6.05.